The molecule has 0 aromatic heterocycles. The molecule has 0 aromatic carbocycles. The fourth-order valence-corrected chi connectivity index (χ4v) is 5.65. The molecule has 0 unspecified atom stereocenters. The molecule has 6 nitrogen and oxygen atoms in total. The predicted octanol–water partition coefficient (Wildman–Crippen LogP) is -0.175. The first kappa shape index (κ1) is 16.9. The van der Waals surface area contributed by atoms with Crippen molar-refractivity contribution >= 4 is 19.9 Å². The minimum Gasteiger partial charge on any atom is -0.317 e. The molecule has 1 fully saturated rings. The van der Waals surface area contributed by atoms with Crippen molar-refractivity contribution in [1.29, 1.82) is 0 Å². The van der Waals surface area contributed by atoms with Gasteiger partial charge in [0.2, 0.25) is 10.0 Å². The van der Waals surface area contributed by atoms with Crippen molar-refractivity contribution < 1.29 is 16.8 Å². The van der Waals surface area contributed by atoms with E-state index in [-0.39, 0.29) is 17.5 Å². The van der Waals surface area contributed by atoms with E-state index in [1.165, 1.54) is 4.31 Å². The second kappa shape index (κ2) is 7.01. The Balaban J connectivity index is 2.78. The van der Waals surface area contributed by atoms with Gasteiger partial charge in [0.1, 0.15) is 9.84 Å². The van der Waals surface area contributed by atoms with Crippen LogP contribution in [-0.4, -0.2) is 64.6 Å². The van der Waals surface area contributed by atoms with Crippen molar-refractivity contribution in [2.75, 3.05) is 37.4 Å². The zero-order chi connectivity index (χ0) is 14.5. The summed E-state index contributed by atoms with van der Waals surface area (Å²) in [5.74, 6) is -0.615. The molecule has 0 spiro atoms. The molecule has 0 aliphatic carbocycles. The molecule has 0 atom stereocenters. The van der Waals surface area contributed by atoms with Crippen LogP contribution < -0.4 is 5.32 Å². The van der Waals surface area contributed by atoms with Crippen molar-refractivity contribution in [1.82, 2.24) is 9.62 Å². The Hall–Kier alpha value is -0.180. The number of hydrogen-bond acceptors (Lipinski definition) is 5. The Labute approximate surface area is 116 Å². The molecular formula is C11H24N2O4S2. The van der Waals surface area contributed by atoms with E-state index in [0.717, 1.165) is 38.6 Å². The average molecular weight is 312 g/mol. The van der Waals surface area contributed by atoms with Gasteiger partial charge in [0.25, 0.3) is 0 Å². The maximum absolute atomic E-state index is 12.3. The van der Waals surface area contributed by atoms with E-state index in [1.807, 2.05) is 6.92 Å². The fraction of sp³-hybridized carbons (Fsp3) is 1.00. The van der Waals surface area contributed by atoms with Crippen molar-refractivity contribution in [2.24, 2.45) is 0 Å². The number of sulfone groups is 1. The van der Waals surface area contributed by atoms with Gasteiger partial charge in [-0.15, -0.1) is 0 Å². The van der Waals surface area contributed by atoms with Crippen LogP contribution in [0.25, 0.3) is 0 Å². The molecule has 0 saturated carbocycles. The van der Waals surface area contributed by atoms with Gasteiger partial charge in [-0.1, -0.05) is 6.92 Å². The molecule has 0 aromatic rings. The van der Waals surface area contributed by atoms with Gasteiger partial charge in [-0.05, 0) is 32.4 Å². The second-order valence-corrected chi connectivity index (χ2v) is 9.34. The quantitative estimate of drug-likeness (QED) is 0.705. The van der Waals surface area contributed by atoms with E-state index in [9.17, 15) is 16.8 Å². The highest BCUT2D eigenvalue weighted by molar-refractivity contribution is 7.93. The molecule has 1 saturated heterocycles. The van der Waals surface area contributed by atoms with Crippen molar-refractivity contribution in [2.45, 2.75) is 32.2 Å². The van der Waals surface area contributed by atoms with Crippen LogP contribution in [0, 0.1) is 0 Å². The van der Waals surface area contributed by atoms with E-state index in [2.05, 4.69) is 5.32 Å². The third-order valence-electron chi connectivity index (χ3n) is 3.23. The summed E-state index contributed by atoms with van der Waals surface area (Å²) < 4.78 is 48.4. The molecule has 114 valence electrons. The number of rotatable bonds is 7. The van der Waals surface area contributed by atoms with Crippen LogP contribution in [0.15, 0.2) is 0 Å². The van der Waals surface area contributed by atoms with Crippen LogP contribution in [0.3, 0.4) is 0 Å². The fourth-order valence-electron chi connectivity index (χ4n) is 2.24. The Kier molecular flexibility index (Phi) is 6.22. The largest absolute Gasteiger partial charge is 0.317 e. The zero-order valence-corrected chi connectivity index (χ0v) is 13.3. The first-order valence-electron chi connectivity index (χ1n) is 6.64. The van der Waals surface area contributed by atoms with E-state index >= 15 is 0 Å². The molecule has 0 radical (unpaired) electrons. The van der Waals surface area contributed by atoms with Gasteiger partial charge in [0.15, 0.2) is 0 Å². The molecule has 0 bridgehead atoms. The van der Waals surface area contributed by atoms with Gasteiger partial charge < -0.3 is 5.32 Å². The maximum atomic E-state index is 12.3. The van der Waals surface area contributed by atoms with Gasteiger partial charge in [-0.2, -0.15) is 4.31 Å². The van der Waals surface area contributed by atoms with Gasteiger partial charge in [0, 0.05) is 18.8 Å². The first-order valence-corrected chi connectivity index (χ1v) is 10.3. The number of piperidine rings is 1. The van der Waals surface area contributed by atoms with Crippen molar-refractivity contribution in [3.05, 3.63) is 0 Å². The molecule has 1 aliphatic rings. The summed E-state index contributed by atoms with van der Waals surface area (Å²) in [6, 6.07) is 0.00533. The summed E-state index contributed by atoms with van der Waals surface area (Å²) in [6.45, 7) is 4.02. The van der Waals surface area contributed by atoms with E-state index in [4.69, 9.17) is 0 Å². The minimum atomic E-state index is -3.49. The maximum Gasteiger partial charge on any atom is 0.215 e. The highest BCUT2D eigenvalue weighted by Gasteiger charge is 2.30. The number of nitrogens with zero attached hydrogens (tertiary/aromatic N) is 1. The van der Waals surface area contributed by atoms with Crippen LogP contribution in [0.4, 0.5) is 0 Å². The number of nitrogens with one attached hydrogen (secondary N) is 1. The third-order valence-corrected chi connectivity index (χ3v) is 6.35. The first-order chi connectivity index (χ1) is 8.76. The lowest BCUT2D eigenvalue weighted by atomic mass is 10.1. The molecule has 1 rings (SSSR count). The third kappa shape index (κ3) is 5.76. The highest BCUT2D eigenvalue weighted by Crippen LogP contribution is 2.17. The van der Waals surface area contributed by atoms with Crippen LogP contribution in [-0.2, 0) is 19.9 Å². The smallest absolute Gasteiger partial charge is 0.215 e. The standard InChI is InChI=1S/C11H24N2O4S2/c1-3-8-13(11-4-6-12-7-5-11)19(16,17)10-9-18(2,14)15/h11-12H,3-10H2,1-2H3. The summed E-state index contributed by atoms with van der Waals surface area (Å²) >= 11 is 0. The van der Waals surface area contributed by atoms with Crippen LogP contribution in [0.5, 0.6) is 0 Å². The Bertz CT molecular complexity index is 467. The molecule has 19 heavy (non-hydrogen) atoms. The lowest BCUT2D eigenvalue weighted by molar-refractivity contribution is 0.262. The van der Waals surface area contributed by atoms with Crippen LogP contribution in [0.1, 0.15) is 26.2 Å². The summed E-state index contributed by atoms with van der Waals surface area (Å²) in [6.07, 6.45) is 3.38. The lowest BCUT2D eigenvalue weighted by Crippen LogP contribution is -2.47. The van der Waals surface area contributed by atoms with Gasteiger partial charge in [-0.3, -0.25) is 0 Å². The molecule has 0 amide bonds. The SMILES string of the molecule is CCCN(C1CCNCC1)S(=O)(=O)CCS(C)(=O)=O. The second-order valence-electron chi connectivity index (χ2n) is 5.04. The summed E-state index contributed by atoms with van der Waals surface area (Å²) in [5.41, 5.74) is 0. The van der Waals surface area contributed by atoms with Gasteiger partial charge in [-0.25, -0.2) is 16.8 Å². The number of sulfonamides is 1. The normalized spacial score (nSPS) is 18.9. The Morgan fingerprint density at radius 1 is 1.11 bits per heavy atom. The molecule has 1 N–H and O–H groups in total. The van der Waals surface area contributed by atoms with E-state index in [1.54, 1.807) is 0 Å². The van der Waals surface area contributed by atoms with Gasteiger partial charge >= 0.3 is 0 Å². The van der Waals surface area contributed by atoms with Crippen LogP contribution >= 0.6 is 0 Å². The minimum absolute atomic E-state index is 0.00533. The molecule has 1 aliphatic heterocycles. The van der Waals surface area contributed by atoms with Crippen molar-refractivity contribution in [3.8, 4) is 0 Å². The Morgan fingerprint density at radius 3 is 2.16 bits per heavy atom. The molecule has 1 heterocycles. The topological polar surface area (TPSA) is 83.6 Å². The number of hydrogen-bond donors (Lipinski definition) is 1. The summed E-state index contributed by atoms with van der Waals surface area (Å²) in [5, 5.41) is 3.20. The van der Waals surface area contributed by atoms with E-state index < -0.39 is 19.9 Å². The predicted molar refractivity (Wildman–Crippen MR) is 76.4 cm³/mol. The molecule has 8 heteroatoms. The van der Waals surface area contributed by atoms with Gasteiger partial charge in [0.05, 0.1) is 11.5 Å². The van der Waals surface area contributed by atoms with Crippen LogP contribution in [0.2, 0.25) is 0 Å². The zero-order valence-electron chi connectivity index (χ0n) is 11.6. The van der Waals surface area contributed by atoms with E-state index in [0.29, 0.717) is 6.54 Å². The Morgan fingerprint density at radius 2 is 1.68 bits per heavy atom. The highest BCUT2D eigenvalue weighted by atomic mass is 32.2. The van der Waals surface area contributed by atoms with Crippen molar-refractivity contribution in [3.63, 3.8) is 0 Å². The lowest BCUT2D eigenvalue weighted by Gasteiger charge is -2.33. The monoisotopic (exact) mass is 312 g/mol. The molecular weight excluding hydrogens is 288 g/mol. The summed E-state index contributed by atoms with van der Waals surface area (Å²) in [4.78, 5) is 0. The average Bonchev–Trinajstić information content (AvgIpc) is 2.34. The summed E-state index contributed by atoms with van der Waals surface area (Å²) in [7, 11) is -6.75.